The summed E-state index contributed by atoms with van der Waals surface area (Å²) in [4.78, 5) is 14.8. The quantitative estimate of drug-likeness (QED) is 0.659. The Morgan fingerprint density at radius 3 is 2.81 bits per heavy atom. The van der Waals surface area contributed by atoms with Crippen molar-refractivity contribution in [2.45, 2.75) is 0 Å². The number of H-pyrrole nitrogens is 1. The molecule has 1 heterocycles. The molecule has 0 saturated heterocycles. The number of methoxy groups -OCH3 is 1. The van der Waals surface area contributed by atoms with Crippen LogP contribution in [0.25, 0.3) is 22.2 Å². The van der Waals surface area contributed by atoms with Gasteiger partial charge in [-0.3, -0.25) is 4.79 Å². The second-order valence-electron chi connectivity index (χ2n) is 4.54. The molecular weight excluding hydrogens is 354 g/mol. The molecule has 0 amide bonds. The maximum absolute atomic E-state index is 11.6. The van der Waals surface area contributed by atoms with Crippen LogP contribution >= 0.6 is 27.5 Å². The third kappa shape index (κ3) is 2.34. The van der Waals surface area contributed by atoms with Crippen molar-refractivity contribution in [3.8, 4) is 17.0 Å². The van der Waals surface area contributed by atoms with Gasteiger partial charge in [-0.2, -0.15) is 0 Å². The summed E-state index contributed by atoms with van der Waals surface area (Å²) in [5.41, 5.74) is 2.92. The largest absolute Gasteiger partial charge is 0.496 e. The van der Waals surface area contributed by atoms with Gasteiger partial charge < -0.3 is 9.72 Å². The van der Waals surface area contributed by atoms with Gasteiger partial charge in [0.05, 0.1) is 18.3 Å². The number of nitrogens with one attached hydrogen (secondary N) is 1. The van der Waals surface area contributed by atoms with Crippen LogP contribution in [-0.4, -0.2) is 18.4 Å². The summed E-state index contributed by atoms with van der Waals surface area (Å²) in [6.45, 7) is 0. The smallest absolute Gasteiger partial charge is 0.152 e. The topological polar surface area (TPSA) is 42.1 Å². The fourth-order valence-corrected chi connectivity index (χ4v) is 3.05. The van der Waals surface area contributed by atoms with Crippen molar-refractivity contribution in [1.29, 1.82) is 0 Å². The van der Waals surface area contributed by atoms with Crippen LogP contribution in [0.5, 0.6) is 5.75 Å². The molecule has 0 fully saturated rings. The van der Waals surface area contributed by atoms with Crippen LogP contribution in [0.3, 0.4) is 0 Å². The average Bonchev–Trinajstić information content (AvgIpc) is 2.87. The second-order valence-corrected chi connectivity index (χ2v) is 5.83. The Morgan fingerprint density at radius 2 is 2.10 bits per heavy atom. The van der Waals surface area contributed by atoms with Crippen molar-refractivity contribution < 1.29 is 9.53 Å². The van der Waals surface area contributed by atoms with Crippen LogP contribution in [0.1, 0.15) is 10.4 Å². The van der Waals surface area contributed by atoms with Crippen LogP contribution in [0.15, 0.2) is 40.9 Å². The molecule has 0 aliphatic carbocycles. The van der Waals surface area contributed by atoms with Crippen molar-refractivity contribution in [2.75, 3.05) is 7.11 Å². The van der Waals surface area contributed by atoms with Gasteiger partial charge in [0.1, 0.15) is 5.75 Å². The van der Waals surface area contributed by atoms with Gasteiger partial charge in [0.15, 0.2) is 6.29 Å². The fourth-order valence-electron chi connectivity index (χ4n) is 2.41. The van der Waals surface area contributed by atoms with Gasteiger partial charge in [0.25, 0.3) is 0 Å². The highest BCUT2D eigenvalue weighted by Gasteiger charge is 2.17. The summed E-state index contributed by atoms with van der Waals surface area (Å²) >= 11 is 9.57. The van der Waals surface area contributed by atoms with Crippen LogP contribution in [0, 0.1) is 0 Å². The van der Waals surface area contributed by atoms with Crippen molar-refractivity contribution in [3.05, 3.63) is 51.5 Å². The van der Waals surface area contributed by atoms with E-state index in [0.717, 1.165) is 27.2 Å². The molecule has 21 heavy (non-hydrogen) atoms. The predicted octanol–water partition coefficient (Wildman–Crippen LogP) is 5.07. The molecule has 3 rings (SSSR count). The number of fused-ring (bicyclic) bond motifs is 1. The minimum absolute atomic E-state index is 0.584. The number of para-hydroxylation sites is 1. The average molecular weight is 365 g/mol. The van der Waals surface area contributed by atoms with E-state index in [1.165, 1.54) is 0 Å². The zero-order valence-electron chi connectivity index (χ0n) is 11.1. The van der Waals surface area contributed by atoms with Gasteiger partial charge in [-0.05, 0) is 40.2 Å². The van der Waals surface area contributed by atoms with E-state index in [-0.39, 0.29) is 0 Å². The van der Waals surface area contributed by atoms with Crippen LogP contribution < -0.4 is 4.74 Å². The molecule has 3 aromatic rings. The van der Waals surface area contributed by atoms with Crippen LogP contribution in [0.2, 0.25) is 5.02 Å². The van der Waals surface area contributed by atoms with Gasteiger partial charge in [-0.25, -0.2) is 0 Å². The highest BCUT2D eigenvalue weighted by atomic mass is 79.9. The number of rotatable bonds is 3. The van der Waals surface area contributed by atoms with Crippen molar-refractivity contribution in [2.24, 2.45) is 0 Å². The Kier molecular flexibility index (Phi) is 3.74. The lowest BCUT2D eigenvalue weighted by Crippen LogP contribution is -1.90. The fraction of sp³-hybridized carbons (Fsp3) is 0.0625. The standard InChI is InChI=1S/C16H11BrClNO2/c1-21-14-6-5-9(18)7-11(14)15-12(8-20)10-3-2-4-13(17)16(10)19-15/h2-8,19H,1H3. The first-order valence-corrected chi connectivity index (χ1v) is 7.42. The Morgan fingerprint density at radius 1 is 1.29 bits per heavy atom. The minimum atomic E-state index is 0.584. The lowest BCUT2D eigenvalue weighted by Gasteiger charge is -2.08. The molecule has 0 unspecified atom stereocenters. The highest BCUT2D eigenvalue weighted by molar-refractivity contribution is 9.10. The highest BCUT2D eigenvalue weighted by Crippen LogP contribution is 2.38. The lowest BCUT2D eigenvalue weighted by atomic mass is 10.1. The zero-order valence-corrected chi connectivity index (χ0v) is 13.5. The maximum atomic E-state index is 11.6. The Bertz CT molecular complexity index is 842. The molecule has 0 saturated carbocycles. The molecule has 1 aromatic heterocycles. The molecule has 3 nitrogen and oxygen atoms in total. The SMILES string of the molecule is COc1ccc(Cl)cc1-c1[nH]c2c(Br)cccc2c1C=O. The Hall–Kier alpha value is -1.78. The Labute approximate surface area is 135 Å². The summed E-state index contributed by atoms with van der Waals surface area (Å²) in [5.74, 6) is 0.658. The second kappa shape index (κ2) is 5.54. The Balaban J connectivity index is 2.37. The van der Waals surface area contributed by atoms with E-state index in [9.17, 15) is 4.79 Å². The third-order valence-corrected chi connectivity index (χ3v) is 4.27. The predicted molar refractivity (Wildman–Crippen MR) is 88.4 cm³/mol. The molecule has 0 aliphatic rings. The van der Waals surface area contributed by atoms with Gasteiger partial charge >= 0.3 is 0 Å². The lowest BCUT2D eigenvalue weighted by molar-refractivity contribution is 0.112. The zero-order chi connectivity index (χ0) is 15.0. The molecule has 2 aromatic carbocycles. The monoisotopic (exact) mass is 363 g/mol. The van der Waals surface area contributed by atoms with Crippen molar-refractivity contribution >= 4 is 44.7 Å². The number of hydrogen-bond donors (Lipinski definition) is 1. The molecule has 0 bridgehead atoms. The van der Waals surface area contributed by atoms with Gasteiger partial charge in [-0.15, -0.1) is 0 Å². The maximum Gasteiger partial charge on any atom is 0.152 e. The van der Waals surface area contributed by atoms with Gasteiger partial charge in [-0.1, -0.05) is 23.7 Å². The van der Waals surface area contributed by atoms with E-state index in [1.807, 2.05) is 18.2 Å². The van der Waals surface area contributed by atoms with Crippen molar-refractivity contribution in [3.63, 3.8) is 0 Å². The first kappa shape index (κ1) is 14.2. The number of halogens is 2. The number of carbonyl (C=O) groups is 1. The number of hydrogen-bond acceptors (Lipinski definition) is 2. The first-order valence-electron chi connectivity index (χ1n) is 6.25. The van der Waals surface area contributed by atoms with Crippen LogP contribution in [-0.2, 0) is 0 Å². The number of ether oxygens (including phenoxy) is 1. The first-order chi connectivity index (χ1) is 10.2. The molecule has 0 atom stereocenters. The van der Waals surface area contributed by atoms with E-state index in [1.54, 1.807) is 25.3 Å². The summed E-state index contributed by atoms with van der Waals surface area (Å²) < 4.78 is 6.27. The number of benzene rings is 2. The molecule has 0 aliphatic heterocycles. The summed E-state index contributed by atoms with van der Waals surface area (Å²) in [6, 6.07) is 11.0. The molecular formula is C16H11BrClNO2. The number of aromatic nitrogens is 1. The van der Waals surface area contributed by atoms with Crippen molar-refractivity contribution in [1.82, 2.24) is 4.98 Å². The molecule has 0 spiro atoms. The number of aromatic amines is 1. The molecule has 106 valence electrons. The molecule has 0 radical (unpaired) electrons. The van der Waals surface area contributed by atoms with E-state index in [4.69, 9.17) is 16.3 Å². The summed E-state index contributed by atoms with van der Waals surface area (Å²) in [7, 11) is 1.59. The number of carbonyl (C=O) groups excluding carboxylic acids is 1. The van der Waals surface area contributed by atoms with E-state index < -0.39 is 0 Å². The summed E-state index contributed by atoms with van der Waals surface area (Å²) in [6.07, 6.45) is 0.848. The molecule has 1 N–H and O–H groups in total. The summed E-state index contributed by atoms with van der Waals surface area (Å²) in [5, 5.41) is 1.44. The van der Waals surface area contributed by atoms with Gasteiger partial charge in [0.2, 0.25) is 0 Å². The molecule has 5 heteroatoms. The van der Waals surface area contributed by atoms with E-state index in [2.05, 4.69) is 20.9 Å². The number of aldehydes is 1. The van der Waals surface area contributed by atoms with Crippen LogP contribution in [0.4, 0.5) is 0 Å². The minimum Gasteiger partial charge on any atom is -0.496 e. The normalized spacial score (nSPS) is 10.8. The van der Waals surface area contributed by atoms with E-state index in [0.29, 0.717) is 22.0 Å². The van der Waals surface area contributed by atoms with Gasteiger partial charge in [0, 0.05) is 26.0 Å². The van der Waals surface area contributed by atoms with E-state index >= 15 is 0 Å². The third-order valence-electron chi connectivity index (χ3n) is 3.37.